The fourth-order valence-corrected chi connectivity index (χ4v) is 2.97. The van der Waals surface area contributed by atoms with Gasteiger partial charge in [-0.1, -0.05) is 52.3 Å². The van der Waals surface area contributed by atoms with Gasteiger partial charge in [-0.25, -0.2) is 0 Å². The zero-order chi connectivity index (χ0) is 12.1. The predicted octanol–water partition coefficient (Wildman–Crippen LogP) is 5.24. The van der Waals surface area contributed by atoms with E-state index in [1.54, 1.807) is 0 Å². The molecule has 0 amide bonds. The Bertz CT molecular complexity index is 889. The predicted molar refractivity (Wildman–Crippen MR) is 81.0 cm³/mol. The molecule has 2 heteroatoms. The van der Waals surface area contributed by atoms with Gasteiger partial charge < -0.3 is 4.98 Å². The molecule has 0 aliphatic carbocycles. The number of H-pyrrole nitrogens is 1. The van der Waals surface area contributed by atoms with E-state index in [4.69, 9.17) is 0 Å². The van der Waals surface area contributed by atoms with Crippen molar-refractivity contribution in [1.29, 1.82) is 0 Å². The van der Waals surface area contributed by atoms with Crippen LogP contribution in [0.15, 0.2) is 59.1 Å². The van der Waals surface area contributed by atoms with E-state index in [1.165, 1.54) is 32.6 Å². The number of rotatable bonds is 0. The molecule has 0 spiro atoms. The molecular weight excluding hydrogens is 286 g/mol. The summed E-state index contributed by atoms with van der Waals surface area (Å²) in [6.07, 6.45) is 0. The highest BCUT2D eigenvalue weighted by molar-refractivity contribution is 9.10. The van der Waals surface area contributed by atoms with Crippen molar-refractivity contribution in [1.82, 2.24) is 4.98 Å². The summed E-state index contributed by atoms with van der Waals surface area (Å²) in [5, 5.41) is 5.10. The molecule has 0 saturated carbocycles. The van der Waals surface area contributed by atoms with E-state index in [-0.39, 0.29) is 0 Å². The zero-order valence-corrected chi connectivity index (χ0v) is 11.2. The Morgan fingerprint density at radius 2 is 1.61 bits per heavy atom. The van der Waals surface area contributed by atoms with E-state index in [2.05, 4.69) is 75.5 Å². The lowest BCUT2D eigenvalue weighted by Gasteiger charge is -2.00. The lowest BCUT2D eigenvalue weighted by Crippen LogP contribution is -1.75. The van der Waals surface area contributed by atoms with Crippen LogP contribution in [0.4, 0.5) is 0 Å². The van der Waals surface area contributed by atoms with Gasteiger partial charge in [0.1, 0.15) is 0 Å². The standard InChI is InChI=1S/C16H10BrN/c17-11-7-5-10-6-8-13-12-3-1-2-4-15(12)18-16(13)14(10)9-11/h1-9,18H. The average Bonchev–Trinajstić information content (AvgIpc) is 2.78. The van der Waals surface area contributed by atoms with Crippen LogP contribution < -0.4 is 0 Å². The molecule has 4 aromatic rings. The summed E-state index contributed by atoms with van der Waals surface area (Å²) < 4.78 is 1.11. The maximum atomic E-state index is 3.55. The Morgan fingerprint density at radius 3 is 2.56 bits per heavy atom. The number of aromatic amines is 1. The second-order valence-corrected chi connectivity index (χ2v) is 5.44. The summed E-state index contributed by atoms with van der Waals surface area (Å²) in [6.45, 7) is 0. The first-order valence-electron chi connectivity index (χ1n) is 5.92. The van der Waals surface area contributed by atoms with Gasteiger partial charge >= 0.3 is 0 Å². The molecule has 18 heavy (non-hydrogen) atoms. The smallest absolute Gasteiger partial charge is 0.0544 e. The minimum atomic E-state index is 1.11. The van der Waals surface area contributed by atoms with E-state index in [1.807, 2.05) is 0 Å². The summed E-state index contributed by atoms with van der Waals surface area (Å²) in [5.74, 6) is 0. The SMILES string of the molecule is Brc1ccc2ccc3c4ccccc4[nH]c3c2c1. The van der Waals surface area contributed by atoms with Crippen molar-refractivity contribution in [3.05, 3.63) is 59.1 Å². The summed E-state index contributed by atoms with van der Waals surface area (Å²) >= 11 is 3.55. The molecule has 0 unspecified atom stereocenters. The quantitative estimate of drug-likeness (QED) is 0.457. The van der Waals surface area contributed by atoms with Crippen molar-refractivity contribution in [3.8, 4) is 0 Å². The van der Waals surface area contributed by atoms with Crippen molar-refractivity contribution in [3.63, 3.8) is 0 Å². The van der Waals surface area contributed by atoms with Crippen LogP contribution in [0.3, 0.4) is 0 Å². The first kappa shape index (κ1) is 10.2. The minimum Gasteiger partial charge on any atom is -0.354 e. The maximum absolute atomic E-state index is 3.55. The normalized spacial score (nSPS) is 11.6. The molecule has 1 N–H and O–H groups in total. The second kappa shape index (κ2) is 3.59. The van der Waals surface area contributed by atoms with Crippen LogP contribution in [0, 0.1) is 0 Å². The Morgan fingerprint density at radius 1 is 0.778 bits per heavy atom. The summed E-state index contributed by atoms with van der Waals surface area (Å²) in [4.78, 5) is 3.53. The number of nitrogens with one attached hydrogen (secondary N) is 1. The van der Waals surface area contributed by atoms with Crippen LogP contribution in [0.25, 0.3) is 32.6 Å². The van der Waals surface area contributed by atoms with Crippen LogP contribution in [-0.4, -0.2) is 4.98 Å². The first-order valence-corrected chi connectivity index (χ1v) is 6.71. The molecule has 0 saturated heterocycles. The molecule has 0 atom stereocenters. The van der Waals surface area contributed by atoms with Crippen molar-refractivity contribution in [2.75, 3.05) is 0 Å². The fourth-order valence-electron chi connectivity index (χ4n) is 2.61. The van der Waals surface area contributed by atoms with Crippen LogP contribution in [0.1, 0.15) is 0 Å². The lowest BCUT2D eigenvalue weighted by atomic mass is 10.1. The third-order valence-electron chi connectivity index (χ3n) is 3.46. The maximum Gasteiger partial charge on any atom is 0.0544 e. The Hall–Kier alpha value is -1.80. The average molecular weight is 296 g/mol. The minimum absolute atomic E-state index is 1.11. The number of para-hydroxylation sites is 1. The van der Waals surface area contributed by atoms with E-state index >= 15 is 0 Å². The van der Waals surface area contributed by atoms with Gasteiger partial charge in [0.2, 0.25) is 0 Å². The van der Waals surface area contributed by atoms with Gasteiger partial charge in [-0.15, -0.1) is 0 Å². The van der Waals surface area contributed by atoms with Crippen molar-refractivity contribution >= 4 is 48.5 Å². The van der Waals surface area contributed by atoms with E-state index < -0.39 is 0 Å². The third-order valence-corrected chi connectivity index (χ3v) is 3.95. The lowest BCUT2D eigenvalue weighted by molar-refractivity contribution is 1.56. The largest absolute Gasteiger partial charge is 0.354 e. The topological polar surface area (TPSA) is 15.8 Å². The highest BCUT2D eigenvalue weighted by Gasteiger charge is 2.07. The fraction of sp³-hybridized carbons (Fsp3) is 0. The first-order chi connectivity index (χ1) is 8.83. The van der Waals surface area contributed by atoms with Crippen molar-refractivity contribution in [2.45, 2.75) is 0 Å². The molecule has 0 fully saturated rings. The number of benzene rings is 3. The van der Waals surface area contributed by atoms with Gasteiger partial charge in [0.15, 0.2) is 0 Å². The molecule has 1 aromatic heterocycles. The van der Waals surface area contributed by atoms with Gasteiger partial charge in [-0.3, -0.25) is 0 Å². The van der Waals surface area contributed by atoms with E-state index in [9.17, 15) is 0 Å². The molecule has 3 aromatic carbocycles. The molecular formula is C16H10BrN. The molecule has 0 aliphatic rings. The molecule has 86 valence electrons. The zero-order valence-electron chi connectivity index (χ0n) is 9.57. The number of halogens is 1. The number of aromatic nitrogens is 1. The summed E-state index contributed by atoms with van der Waals surface area (Å²) in [7, 11) is 0. The van der Waals surface area contributed by atoms with E-state index in [0.717, 1.165) is 4.47 Å². The Kier molecular flexibility index (Phi) is 2.03. The van der Waals surface area contributed by atoms with Gasteiger partial charge in [-0.2, -0.15) is 0 Å². The summed E-state index contributed by atoms with van der Waals surface area (Å²) in [6, 6.07) is 19.2. The highest BCUT2D eigenvalue weighted by atomic mass is 79.9. The van der Waals surface area contributed by atoms with Gasteiger partial charge in [0.05, 0.1) is 5.52 Å². The highest BCUT2D eigenvalue weighted by Crippen LogP contribution is 2.32. The monoisotopic (exact) mass is 295 g/mol. The van der Waals surface area contributed by atoms with Crippen LogP contribution >= 0.6 is 15.9 Å². The Labute approximate surface area is 113 Å². The molecule has 0 radical (unpaired) electrons. The van der Waals surface area contributed by atoms with Crippen LogP contribution in [0.5, 0.6) is 0 Å². The van der Waals surface area contributed by atoms with Crippen LogP contribution in [0.2, 0.25) is 0 Å². The van der Waals surface area contributed by atoms with Crippen LogP contribution in [-0.2, 0) is 0 Å². The number of hydrogen-bond acceptors (Lipinski definition) is 0. The molecule has 1 nitrogen and oxygen atoms in total. The van der Waals surface area contributed by atoms with Gasteiger partial charge in [0.25, 0.3) is 0 Å². The van der Waals surface area contributed by atoms with E-state index in [0.29, 0.717) is 0 Å². The van der Waals surface area contributed by atoms with Gasteiger partial charge in [-0.05, 0) is 23.6 Å². The molecule has 4 rings (SSSR count). The molecule has 0 bridgehead atoms. The van der Waals surface area contributed by atoms with Gasteiger partial charge in [0, 0.05) is 26.1 Å². The molecule has 1 heterocycles. The number of fused-ring (bicyclic) bond motifs is 5. The summed E-state index contributed by atoms with van der Waals surface area (Å²) in [5.41, 5.74) is 2.41. The van der Waals surface area contributed by atoms with Crippen molar-refractivity contribution < 1.29 is 0 Å². The second-order valence-electron chi connectivity index (χ2n) is 4.52. The number of hydrogen-bond donors (Lipinski definition) is 1. The third kappa shape index (κ3) is 1.33. The molecule has 0 aliphatic heterocycles. The Balaban J connectivity index is 2.31. The van der Waals surface area contributed by atoms with Crippen molar-refractivity contribution in [2.24, 2.45) is 0 Å².